The van der Waals surface area contributed by atoms with E-state index in [1.54, 1.807) is 6.33 Å². The predicted molar refractivity (Wildman–Crippen MR) is 46.6 cm³/mol. The second-order valence-corrected chi connectivity index (χ2v) is 3.29. The van der Waals surface area contributed by atoms with Crippen LogP contribution in [0.3, 0.4) is 0 Å². The van der Waals surface area contributed by atoms with E-state index in [4.69, 9.17) is 0 Å². The van der Waals surface area contributed by atoms with Gasteiger partial charge in [0, 0.05) is 30.0 Å². The number of nitrogens with one attached hydrogen (secondary N) is 1. The molecule has 1 aromatic rings. The quantitative estimate of drug-likeness (QED) is 0.723. The van der Waals surface area contributed by atoms with E-state index in [1.165, 1.54) is 18.4 Å². The van der Waals surface area contributed by atoms with Crippen molar-refractivity contribution in [3.8, 4) is 0 Å². The maximum Gasteiger partial charge on any atom is 0.115 e. The third-order valence-electron chi connectivity index (χ3n) is 2.17. The van der Waals surface area contributed by atoms with E-state index in [9.17, 15) is 0 Å². The first-order valence-corrected chi connectivity index (χ1v) is 4.35. The number of hydrogen-bond acceptors (Lipinski definition) is 3. The van der Waals surface area contributed by atoms with Gasteiger partial charge in [0.25, 0.3) is 0 Å². The Balaban J connectivity index is 1.96. The Morgan fingerprint density at radius 3 is 3.08 bits per heavy atom. The van der Waals surface area contributed by atoms with Crippen molar-refractivity contribution in [2.75, 3.05) is 0 Å². The van der Waals surface area contributed by atoms with Crippen LogP contribution in [0, 0.1) is 6.92 Å². The molecule has 1 aliphatic carbocycles. The van der Waals surface area contributed by atoms with Crippen LogP contribution in [0.2, 0.25) is 0 Å². The molecule has 64 valence electrons. The highest BCUT2D eigenvalue weighted by molar-refractivity contribution is 5.13. The number of rotatable bonds is 3. The van der Waals surface area contributed by atoms with Gasteiger partial charge in [0.1, 0.15) is 6.33 Å². The molecule has 0 radical (unpaired) electrons. The fraction of sp³-hybridized carbons (Fsp3) is 0.556. The maximum atomic E-state index is 4.13. The standard InChI is InChI=1S/C9H13N3/c1-7-8(4-10-6-12-7)5-11-9-2-3-9/h4,6,9,11H,2-3,5H2,1H3. The second-order valence-electron chi connectivity index (χ2n) is 3.29. The Labute approximate surface area is 72.2 Å². The van der Waals surface area contributed by atoms with E-state index in [1.807, 2.05) is 13.1 Å². The van der Waals surface area contributed by atoms with Gasteiger partial charge in [-0.15, -0.1) is 0 Å². The van der Waals surface area contributed by atoms with Gasteiger partial charge in [-0.2, -0.15) is 0 Å². The molecular weight excluding hydrogens is 150 g/mol. The molecule has 0 aromatic carbocycles. The monoisotopic (exact) mass is 163 g/mol. The molecule has 0 atom stereocenters. The summed E-state index contributed by atoms with van der Waals surface area (Å²) >= 11 is 0. The molecule has 1 saturated carbocycles. The van der Waals surface area contributed by atoms with Gasteiger partial charge in [-0.3, -0.25) is 0 Å². The Bertz CT molecular complexity index is 268. The van der Waals surface area contributed by atoms with E-state index in [2.05, 4.69) is 15.3 Å². The van der Waals surface area contributed by atoms with Gasteiger partial charge in [-0.1, -0.05) is 0 Å². The molecule has 0 saturated heterocycles. The normalized spacial score (nSPS) is 16.4. The summed E-state index contributed by atoms with van der Waals surface area (Å²) in [6.07, 6.45) is 6.13. The molecule has 3 nitrogen and oxygen atoms in total. The smallest absolute Gasteiger partial charge is 0.115 e. The van der Waals surface area contributed by atoms with E-state index in [-0.39, 0.29) is 0 Å². The van der Waals surface area contributed by atoms with Crippen LogP contribution in [0.1, 0.15) is 24.1 Å². The minimum atomic E-state index is 0.754. The van der Waals surface area contributed by atoms with Gasteiger partial charge in [0.05, 0.1) is 0 Å². The molecule has 0 aliphatic heterocycles. The lowest BCUT2D eigenvalue weighted by atomic mass is 10.2. The van der Waals surface area contributed by atoms with Crippen molar-refractivity contribution in [2.45, 2.75) is 32.4 Å². The van der Waals surface area contributed by atoms with Crippen molar-refractivity contribution in [1.29, 1.82) is 0 Å². The number of hydrogen-bond donors (Lipinski definition) is 1. The van der Waals surface area contributed by atoms with Gasteiger partial charge >= 0.3 is 0 Å². The molecule has 1 fully saturated rings. The van der Waals surface area contributed by atoms with Gasteiger partial charge in [-0.25, -0.2) is 9.97 Å². The van der Waals surface area contributed by atoms with Crippen molar-refractivity contribution >= 4 is 0 Å². The van der Waals surface area contributed by atoms with Crippen LogP contribution >= 0.6 is 0 Å². The molecule has 0 bridgehead atoms. The molecule has 12 heavy (non-hydrogen) atoms. The van der Waals surface area contributed by atoms with Crippen LogP contribution in [0.25, 0.3) is 0 Å². The summed E-state index contributed by atoms with van der Waals surface area (Å²) < 4.78 is 0. The van der Waals surface area contributed by atoms with Crippen LogP contribution in [0.4, 0.5) is 0 Å². The fourth-order valence-corrected chi connectivity index (χ4v) is 1.13. The molecule has 0 amide bonds. The molecule has 3 heteroatoms. The Morgan fingerprint density at radius 1 is 1.58 bits per heavy atom. The van der Waals surface area contributed by atoms with E-state index in [0.29, 0.717) is 0 Å². The first kappa shape index (κ1) is 7.68. The van der Waals surface area contributed by atoms with Crippen molar-refractivity contribution in [1.82, 2.24) is 15.3 Å². The number of aryl methyl sites for hydroxylation is 1. The SMILES string of the molecule is Cc1ncncc1CNC1CC1. The van der Waals surface area contributed by atoms with Crippen LogP contribution in [-0.2, 0) is 6.54 Å². The molecule has 0 unspecified atom stereocenters. The summed E-state index contributed by atoms with van der Waals surface area (Å²) in [4.78, 5) is 8.12. The van der Waals surface area contributed by atoms with Crippen LogP contribution in [-0.4, -0.2) is 16.0 Å². The molecular formula is C9H13N3. The average molecular weight is 163 g/mol. The highest BCUT2D eigenvalue weighted by atomic mass is 14.9. The molecule has 0 spiro atoms. The second kappa shape index (κ2) is 3.19. The highest BCUT2D eigenvalue weighted by Gasteiger charge is 2.20. The van der Waals surface area contributed by atoms with Crippen molar-refractivity contribution in [3.63, 3.8) is 0 Å². The predicted octanol–water partition coefficient (Wildman–Crippen LogP) is 1.04. The van der Waals surface area contributed by atoms with E-state index < -0.39 is 0 Å². The maximum absolute atomic E-state index is 4.13. The summed E-state index contributed by atoms with van der Waals surface area (Å²) in [5.74, 6) is 0. The summed E-state index contributed by atoms with van der Waals surface area (Å²) in [7, 11) is 0. The Hall–Kier alpha value is -0.960. The molecule has 1 N–H and O–H groups in total. The van der Waals surface area contributed by atoms with Crippen LogP contribution in [0.15, 0.2) is 12.5 Å². The zero-order chi connectivity index (χ0) is 8.39. The lowest BCUT2D eigenvalue weighted by Gasteiger charge is -2.03. The third kappa shape index (κ3) is 1.80. The summed E-state index contributed by atoms with van der Waals surface area (Å²) in [6.45, 7) is 2.93. The highest BCUT2D eigenvalue weighted by Crippen LogP contribution is 2.19. The number of nitrogens with zero attached hydrogens (tertiary/aromatic N) is 2. The topological polar surface area (TPSA) is 37.8 Å². The molecule has 1 aromatic heterocycles. The van der Waals surface area contributed by atoms with Gasteiger partial charge in [0.2, 0.25) is 0 Å². The molecule has 1 heterocycles. The lowest BCUT2D eigenvalue weighted by molar-refractivity contribution is 0.679. The Kier molecular flexibility index (Phi) is 2.04. The first-order valence-electron chi connectivity index (χ1n) is 4.35. The minimum Gasteiger partial charge on any atom is -0.310 e. The van der Waals surface area contributed by atoms with Crippen molar-refractivity contribution in [3.05, 3.63) is 23.8 Å². The van der Waals surface area contributed by atoms with Crippen LogP contribution < -0.4 is 5.32 Å². The van der Waals surface area contributed by atoms with Crippen molar-refractivity contribution in [2.24, 2.45) is 0 Å². The first-order chi connectivity index (χ1) is 5.86. The minimum absolute atomic E-state index is 0.754. The Morgan fingerprint density at radius 2 is 2.42 bits per heavy atom. The average Bonchev–Trinajstić information content (AvgIpc) is 2.86. The van der Waals surface area contributed by atoms with Crippen LogP contribution in [0.5, 0.6) is 0 Å². The van der Waals surface area contributed by atoms with Gasteiger partial charge in [-0.05, 0) is 19.8 Å². The molecule has 2 rings (SSSR count). The summed E-state index contributed by atoms with van der Waals surface area (Å²) in [5, 5.41) is 3.43. The van der Waals surface area contributed by atoms with Crippen molar-refractivity contribution < 1.29 is 0 Å². The zero-order valence-corrected chi connectivity index (χ0v) is 7.25. The summed E-state index contributed by atoms with van der Waals surface area (Å²) in [5.41, 5.74) is 2.29. The summed E-state index contributed by atoms with van der Waals surface area (Å²) in [6, 6.07) is 0.754. The number of aromatic nitrogens is 2. The van der Waals surface area contributed by atoms with Gasteiger partial charge < -0.3 is 5.32 Å². The molecule has 1 aliphatic rings. The fourth-order valence-electron chi connectivity index (χ4n) is 1.13. The lowest BCUT2D eigenvalue weighted by Crippen LogP contribution is -2.16. The third-order valence-corrected chi connectivity index (χ3v) is 2.17. The zero-order valence-electron chi connectivity index (χ0n) is 7.25. The van der Waals surface area contributed by atoms with E-state index >= 15 is 0 Å². The van der Waals surface area contributed by atoms with Gasteiger partial charge in [0.15, 0.2) is 0 Å². The van der Waals surface area contributed by atoms with E-state index in [0.717, 1.165) is 18.3 Å². The largest absolute Gasteiger partial charge is 0.310 e.